The lowest BCUT2D eigenvalue weighted by Gasteiger charge is -2.30. The summed E-state index contributed by atoms with van der Waals surface area (Å²) in [5.41, 5.74) is 2.53. The van der Waals surface area contributed by atoms with Crippen LogP contribution in [-0.4, -0.2) is 31.1 Å². The summed E-state index contributed by atoms with van der Waals surface area (Å²) >= 11 is 0. The highest BCUT2D eigenvalue weighted by atomic mass is 16.6. The normalized spacial score (nSPS) is 16.8. The Kier molecular flexibility index (Phi) is 5.90. The van der Waals surface area contributed by atoms with Crippen molar-refractivity contribution in [2.75, 3.05) is 18.5 Å². The minimum Gasteiger partial charge on any atom is -0.486 e. The fourth-order valence-electron chi connectivity index (χ4n) is 4.55. The van der Waals surface area contributed by atoms with Crippen LogP contribution in [0.25, 0.3) is 0 Å². The summed E-state index contributed by atoms with van der Waals surface area (Å²) < 4.78 is 11.4. The molecule has 2 aromatic rings. The molecule has 2 aromatic carbocycles. The summed E-state index contributed by atoms with van der Waals surface area (Å²) in [6, 6.07) is 11.4. The molecule has 2 amide bonds. The van der Waals surface area contributed by atoms with Crippen molar-refractivity contribution in [3.05, 3.63) is 53.1 Å². The summed E-state index contributed by atoms with van der Waals surface area (Å²) in [6.07, 6.45) is 3.61. The van der Waals surface area contributed by atoms with Crippen LogP contribution in [0.3, 0.4) is 0 Å². The lowest BCUT2D eigenvalue weighted by molar-refractivity contribution is -0.121. The van der Waals surface area contributed by atoms with Crippen molar-refractivity contribution >= 4 is 17.5 Å². The van der Waals surface area contributed by atoms with Crippen molar-refractivity contribution in [2.24, 2.45) is 0 Å². The molecule has 0 radical (unpaired) electrons. The van der Waals surface area contributed by atoms with Crippen LogP contribution in [0.4, 0.5) is 5.69 Å². The Morgan fingerprint density at radius 1 is 0.968 bits per heavy atom. The van der Waals surface area contributed by atoms with Gasteiger partial charge in [-0.15, -0.1) is 0 Å². The minimum atomic E-state index is -0.586. The number of aryl methyl sites for hydroxylation is 1. The number of fused-ring (bicyclic) bond motifs is 1. The van der Waals surface area contributed by atoms with Crippen LogP contribution in [0.2, 0.25) is 0 Å². The van der Waals surface area contributed by atoms with Gasteiger partial charge in [0, 0.05) is 17.3 Å². The molecule has 1 saturated carbocycles. The van der Waals surface area contributed by atoms with Gasteiger partial charge in [-0.25, -0.2) is 0 Å². The molecule has 1 aliphatic carbocycles. The number of carbonyl (C=O) groups excluding carboxylic acids is 2. The Bertz CT molecular complexity index is 993. The van der Waals surface area contributed by atoms with Crippen LogP contribution >= 0.6 is 0 Å². The highest BCUT2D eigenvalue weighted by Gasteiger charge is 2.43. The third kappa shape index (κ3) is 4.24. The van der Waals surface area contributed by atoms with Crippen LogP contribution < -0.4 is 20.1 Å². The zero-order valence-corrected chi connectivity index (χ0v) is 18.4. The van der Waals surface area contributed by atoms with E-state index in [2.05, 4.69) is 10.6 Å². The number of hydrogen-bond acceptors (Lipinski definition) is 4. The average Bonchev–Trinajstić information content (AvgIpc) is 3.24. The predicted molar refractivity (Wildman–Crippen MR) is 120 cm³/mol. The molecular weight excluding hydrogens is 392 g/mol. The highest BCUT2D eigenvalue weighted by molar-refractivity contribution is 6.01. The van der Waals surface area contributed by atoms with Gasteiger partial charge in [0.15, 0.2) is 11.5 Å². The van der Waals surface area contributed by atoms with Gasteiger partial charge in [-0.05, 0) is 75.1 Å². The number of nitrogens with one attached hydrogen (secondary N) is 2. The Hall–Kier alpha value is -3.02. The van der Waals surface area contributed by atoms with E-state index in [4.69, 9.17) is 9.47 Å². The third-order valence-corrected chi connectivity index (χ3v) is 6.14. The molecular formula is C25H30N2O4. The fourth-order valence-corrected chi connectivity index (χ4v) is 4.55. The lowest BCUT2D eigenvalue weighted by Crippen LogP contribution is -2.38. The van der Waals surface area contributed by atoms with Crippen molar-refractivity contribution in [1.29, 1.82) is 0 Å². The number of amides is 2. The standard InChI is InChI=1S/C25H30N2O4/c1-16(2)26-23(28)20-8-7-19(14-17(20)3)27-24(29)25(10-4-5-11-25)18-6-9-21-22(15-18)31-13-12-30-21/h6-9,14-16H,4-5,10-13H2,1-3H3,(H,26,28)(H,27,29). The third-order valence-electron chi connectivity index (χ3n) is 6.14. The Balaban J connectivity index is 1.57. The molecule has 1 fully saturated rings. The molecule has 0 bridgehead atoms. The van der Waals surface area contributed by atoms with Gasteiger partial charge in [0.2, 0.25) is 5.91 Å². The average molecular weight is 423 g/mol. The molecule has 0 saturated heterocycles. The second-order valence-electron chi connectivity index (χ2n) is 8.76. The van der Waals surface area contributed by atoms with Crippen molar-refractivity contribution in [2.45, 2.75) is 57.9 Å². The van der Waals surface area contributed by atoms with Gasteiger partial charge in [0.25, 0.3) is 5.91 Å². The number of carbonyl (C=O) groups is 2. The maximum absolute atomic E-state index is 13.5. The maximum atomic E-state index is 13.5. The number of ether oxygens (including phenoxy) is 2. The molecule has 0 spiro atoms. The molecule has 1 heterocycles. The van der Waals surface area contributed by atoms with Gasteiger partial charge in [-0.3, -0.25) is 9.59 Å². The summed E-state index contributed by atoms with van der Waals surface area (Å²) in [4.78, 5) is 25.9. The van der Waals surface area contributed by atoms with Crippen molar-refractivity contribution in [3.63, 3.8) is 0 Å². The van der Waals surface area contributed by atoms with E-state index < -0.39 is 5.41 Å². The molecule has 2 N–H and O–H groups in total. The van der Waals surface area contributed by atoms with E-state index in [0.717, 1.165) is 42.6 Å². The first-order chi connectivity index (χ1) is 14.9. The van der Waals surface area contributed by atoms with Crippen LogP contribution in [0, 0.1) is 6.92 Å². The number of anilines is 1. The van der Waals surface area contributed by atoms with Crippen LogP contribution in [-0.2, 0) is 10.2 Å². The zero-order valence-electron chi connectivity index (χ0n) is 18.4. The molecule has 164 valence electrons. The van der Waals surface area contributed by atoms with E-state index >= 15 is 0 Å². The molecule has 6 heteroatoms. The fraction of sp³-hybridized carbons (Fsp3) is 0.440. The molecule has 0 atom stereocenters. The molecule has 4 rings (SSSR count). The number of rotatable bonds is 5. The van der Waals surface area contributed by atoms with Gasteiger partial charge >= 0.3 is 0 Å². The van der Waals surface area contributed by atoms with E-state index in [0.29, 0.717) is 30.2 Å². The van der Waals surface area contributed by atoms with E-state index in [-0.39, 0.29) is 17.9 Å². The number of hydrogen-bond donors (Lipinski definition) is 2. The van der Waals surface area contributed by atoms with E-state index in [9.17, 15) is 9.59 Å². The van der Waals surface area contributed by atoms with Gasteiger partial charge in [0.05, 0.1) is 5.41 Å². The zero-order chi connectivity index (χ0) is 22.0. The van der Waals surface area contributed by atoms with Crippen LogP contribution in [0.15, 0.2) is 36.4 Å². The second-order valence-corrected chi connectivity index (χ2v) is 8.76. The first-order valence-corrected chi connectivity index (χ1v) is 11.0. The molecule has 2 aliphatic rings. The molecule has 0 unspecified atom stereocenters. The molecule has 1 aliphatic heterocycles. The topological polar surface area (TPSA) is 76.7 Å². The van der Waals surface area contributed by atoms with E-state index in [1.165, 1.54) is 0 Å². The van der Waals surface area contributed by atoms with Crippen molar-refractivity contribution < 1.29 is 19.1 Å². The lowest BCUT2D eigenvalue weighted by atomic mass is 9.77. The van der Waals surface area contributed by atoms with Gasteiger partial charge in [-0.2, -0.15) is 0 Å². The van der Waals surface area contributed by atoms with Gasteiger partial charge in [-0.1, -0.05) is 18.9 Å². The quantitative estimate of drug-likeness (QED) is 0.751. The Labute approximate surface area is 183 Å². The maximum Gasteiger partial charge on any atom is 0.251 e. The monoisotopic (exact) mass is 422 g/mol. The SMILES string of the molecule is Cc1cc(NC(=O)C2(c3ccc4c(c3)OCCO4)CCCC2)ccc1C(=O)NC(C)C. The van der Waals surface area contributed by atoms with Gasteiger partial charge < -0.3 is 20.1 Å². The largest absolute Gasteiger partial charge is 0.486 e. The first kappa shape index (κ1) is 21.2. The minimum absolute atomic E-state index is 0.0135. The summed E-state index contributed by atoms with van der Waals surface area (Å²) in [5, 5.41) is 6.02. The molecule has 0 aromatic heterocycles. The van der Waals surface area contributed by atoms with E-state index in [1.54, 1.807) is 12.1 Å². The number of benzene rings is 2. The van der Waals surface area contributed by atoms with E-state index in [1.807, 2.05) is 45.0 Å². The van der Waals surface area contributed by atoms with Crippen molar-refractivity contribution in [3.8, 4) is 11.5 Å². The van der Waals surface area contributed by atoms with Crippen LogP contribution in [0.5, 0.6) is 11.5 Å². The first-order valence-electron chi connectivity index (χ1n) is 11.0. The Morgan fingerprint density at radius 2 is 1.68 bits per heavy atom. The smallest absolute Gasteiger partial charge is 0.251 e. The second kappa shape index (κ2) is 8.61. The molecule has 6 nitrogen and oxygen atoms in total. The van der Waals surface area contributed by atoms with Gasteiger partial charge in [0.1, 0.15) is 13.2 Å². The summed E-state index contributed by atoms with van der Waals surface area (Å²) in [6.45, 7) is 6.81. The summed E-state index contributed by atoms with van der Waals surface area (Å²) in [7, 11) is 0. The predicted octanol–water partition coefficient (Wildman–Crippen LogP) is 4.35. The Morgan fingerprint density at radius 3 is 2.35 bits per heavy atom. The van der Waals surface area contributed by atoms with Crippen LogP contribution in [0.1, 0.15) is 61.0 Å². The highest BCUT2D eigenvalue weighted by Crippen LogP contribution is 2.45. The summed E-state index contributed by atoms with van der Waals surface area (Å²) in [5.74, 6) is 1.32. The molecule has 31 heavy (non-hydrogen) atoms. The van der Waals surface area contributed by atoms with Crippen molar-refractivity contribution in [1.82, 2.24) is 5.32 Å².